The van der Waals surface area contributed by atoms with Gasteiger partial charge in [-0.1, -0.05) is 19.1 Å². The van der Waals surface area contributed by atoms with Crippen LogP contribution in [0.25, 0.3) is 0 Å². The van der Waals surface area contributed by atoms with Crippen molar-refractivity contribution in [2.24, 2.45) is 5.92 Å². The number of methoxy groups -OCH3 is 1. The quantitative estimate of drug-likeness (QED) is 0.868. The van der Waals surface area contributed by atoms with Crippen LogP contribution in [0.5, 0.6) is 5.75 Å². The first-order chi connectivity index (χ1) is 8.19. The van der Waals surface area contributed by atoms with Gasteiger partial charge in [-0.2, -0.15) is 0 Å². The van der Waals surface area contributed by atoms with Gasteiger partial charge in [0.15, 0.2) is 0 Å². The lowest BCUT2D eigenvalue weighted by Gasteiger charge is -2.34. The first-order valence-electron chi connectivity index (χ1n) is 6.22. The van der Waals surface area contributed by atoms with Gasteiger partial charge in [0.25, 0.3) is 0 Å². The summed E-state index contributed by atoms with van der Waals surface area (Å²) >= 11 is 0. The number of piperidine rings is 1. The molecule has 94 valence electrons. The number of rotatable bonds is 3. The Morgan fingerprint density at radius 2 is 2.06 bits per heavy atom. The predicted molar refractivity (Wildman–Crippen MR) is 68.1 cm³/mol. The van der Waals surface area contributed by atoms with Crippen molar-refractivity contribution in [3.8, 4) is 5.75 Å². The molecule has 1 heterocycles. The van der Waals surface area contributed by atoms with Gasteiger partial charge in [0.2, 0.25) is 0 Å². The summed E-state index contributed by atoms with van der Waals surface area (Å²) < 4.78 is 5.14. The molecule has 2 rings (SSSR count). The van der Waals surface area contributed by atoms with Gasteiger partial charge in [-0.25, -0.2) is 0 Å². The monoisotopic (exact) mass is 235 g/mol. The van der Waals surface area contributed by atoms with Crippen molar-refractivity contribution in [3.63, 3.8) is 0 Å². The molecule has 3 nitrogen and oxygen atoms in total. The Labute approximate surface area is 103 Å². The third-order valence-electron chi connectivity index (χ3n) is 3.57. The molecule has 1 aromatic carbocycles. The zero-order valence-corrected chi connectivity index (χ0v) is 10.6. The van der Waals surface area contributed by atoms with Gasteiger partial charge in [-0.3, -0.25) is 4.90 Å². The lowest BCUT2D eigenvalue weighted by molar-refractivity contribution is 0.0259. The SMILES string of the molecule is COc1ccc(CN2CCC(C)C(O)C2)cc1. The van der Waals surface area contributed by atoms with Crippen LogP contribution in [0.3, 0.4) is 0 Å². The highest BCUT2D eigenvalue weighted by Gasteiger charge is 2.23. The smallest absolute Gasteiger partial charge is 0.118 e. The summed E-state index contributed by atoms with van der Waals surface area (Å²) in [5.74, 6) is 1.32. The molecule has 1 fully saturated rings. The van der Waals surface area contributed by atoms with Crippen LogP contribution in [0.15, 0.2) is 24.3 Å². The van der Waals surface area contributed by atoms with Crippen LogP contribution in [-0.4, -0.2) is 36.3 Å². The first kappa shape index (κ1) is 12.4. The number of aliphatic hydroxyl groups is 1. The summed E-state index contributed by atoms with van der Waals surface area (Å²) in [4.78, 5) is 2.31. The van der Waals surface area contributed by atoms with E-state index in [1.807, 2.05) is 12.1 Å². The van der Waals surface area contributed by atoms with E-state index in [0.29, 0.717) is 5.92 Å². The van der Waals surface area contributed by atoms with Crippen LogP contribution in [0.4, 0.5) is 0 Å². The van der Waals surface area contributed by atoms with Crippen molar-refractivity contribution in [1.82, 2.24) is 4.90 Å². The Morgan fingerprint density at radius 1 is 1.35 bits per heavy atom. The fraction of sp³-hybridized carbons (Fsp3) is 0.571. The van der Waals surface area contributed by atoms with Crippen molar-refractivity contribution in [2.45, 2.75) is 26.0 Å². The molecule has 1 aliphatic rings. The second-order valence-corrected chi connectivity index (χ2v) is 4.92. The second kappa shape index (κ2) is 5.52. The number of hydrogen-bond acceptors (Lipinski definition) is 3. The molecule has 0 spiro atoms. The minimum Gasteiger partial charge on any atom is -0.497 e. The largest absolute Gasteiger partial charge is 0.497 e. The third-order valence-corrected chi connectivity index (χ3v) is 3.57. The van der Waals surface area contributed by atoms with Crippen molar-refractivity contribution in [2.75, 3.05) is 20.2 Å². The van der Waals surface area contributed by atoms with E-state index in [9.17, 15) is 5.11 Å². The standard InChI is InChI=1S/C14H21NO2/c1-11-7-8-15(10-14(11)16)9-12-3-5-13(17-2)6-4-12/h3-6,11,14,16H,7-10H2,1-2H3. The number of aliphatic hydroxyl groups excluding tert-OH is 1. The number of ether oxygens (including phenoxy) is 1. The molecule has 0 aromatic heterocycles. The molecule has 17 heavy (non-hydrogen) atoms. The van der Waals surface area contributed by atoms with E-state index in [0.717, 1.165) is 31.8 Å². The fourth-order valence-electron chi connectivity index (χ4n) is 2.25. The van der Waals surface area contributed by atoms with E-state index in [-0.39, 0.29) is 6.10 Å². The fourth-order valence-corrected chi connectivity index (χ4v) is 2.25. The molecule has 1 saturated heterocycles. The normalized spacial score (nSPS) is 25.8. The topological polar surface area (TPSA) is 32.7 Å². The van der Waals surface area contributed by atoms with Crippen molar-refractivity contribution >= 4 is 0 Å². The minimum absolute atomic E-state index is 0.179. The van der Waals surface area contributed by atoms with Crippen LogP contribution in [0.1, 0.15) is 18.9 Å². The Morgan fingerprint density at radius 3 is 2.65 bits per heavy atom. The van der Waals surface area contributed by atoms with Crippen molar-refractivity contribution < 1.29 is 9.84 Å². The summed E-state index contributed by atoms with van der Waals surface area (Å²) in [6.45, 7) is 4.89. The van der Waals surface area contributed by atoms with Gasteiger partial charge in [-0.15, -0.1) is 0 Å². The predicted octanol–water partition coefficient (Wildman–Crippen LogP) is 1.90. The van der Waals surface area contributed by atoms with E-state index in [1.165, 1.54) is 5.56 Å². The van der Waals surface area contributed by atoms with Crippen LogP contribution in [0.2, 0.25) is 0 Å². The molecule has 2 unspecified atom stereocenters. The zero-order valence-electron chi connectivity index (χ0n) is 10.6. The molecule has 3 heteroatoms. The summed E-state index contributed by atoms with van der Waals surface area (Å²) in [5, 5.41) is 9.85. The molecular formula is C14H21NO2. The molecule has 2 atom stereocenters. The summed E-state index contributed by atoms with van der Waals surface area (Å²) in [7, 11) is 1.68. The maximum absolute atomic E-state index is 9.85. The van der Waals surface area contributed by atoms with Crippen LogP contribution in [-0.2, 0) is 6.54 Å². The Balaban J connectivity index is 1.92. The van der Waals surface area contributed by atoms with Crippen molar-refractivity contribution in [1.29, 1.82) is 0 Å². The van der Waals surface area contributed by atoms with Crippen LogP contribution < -0.4 is 4.74 Å². The number of benzene rings is 1. The van der Waals surface area contributed by atoms with Gasteiger partial charge < -0.3 is 9.84 Å². The molecule has 0 saturated carbocycles. The Bertz CT molecular complexity index is 350. The second-order valence-electron chi connectivity index (χ2n) is 4.92. The van der Waals surface area contributed by atoms with Crippen molar-refractivity contribution in [3.05, 3.63) is 29.8 Å². The van der Waals surface area contributed by atoms with E-state index in [4.69, 9.17) is 4.74 Å². The average Bonchev–Trinajstić information content (AvgIpc) is 2.35. The third kappa shape index (κ3) is 3.20. The lowest BCUT2D eigenvalue weighted by atomic mass is 9.96. The molecule has 0 amide bonds. The summed E-state index contributed by atoms with van der Waals surface area (Å²) in [6, 6.07) is 8.14. The van der Waals surface area contributed by atoms with Gasteiger partial charge in [0.1, 0.15) is 5.75 Å². The van der Waals surface area contributed by atoms with Gasteiger partial charge >= 0.3 is 0 Å². The van der Waals surface area contributed by atoms with E-state index < -0.39 is 0 Å². The molecule has 0 bridgehead atoms. The molecule has 0 aliphatic carbocycles. The lowest BCUT2D eigenvalue weighted by Crippen LogP contribution is -2.42. The summed E-state index contributed by atoms with van der Waals surface area (Å²) in [5.41, 5.74) is 1.27. The van der Waals surface area contributed by atoms with E-state index in [1.54, 1.807) is 7.11 Å². The Hall–Kier alpha value is -1.06. The molecule has 1 aliphatic heterocycles. The maximum atomic E-state index is 9.85. The molecule has 1 aromatic rings. The number of β-amino-alcohol motifs (C(OH)–C–C–N with tert-alkyl or cyclic N) is 1. The average molecular weight is 235 g/mol. The first-order valence-corrected chi connectivity index (χ1v) is 6.22. The van der Waals surface area contributed by atoms with Crippen LogP contribution >= 0.6 is 0 Å². The number of hydrogen-bond donors (Lipinski definition) is 1. The highest BCUT2D eigenvalue weighted by Crippen LogP contribution is 2.19. The molecule has 1 N–H and O–H groups in total. The van der Waals surface area contributed by atoms with Crippen LogP contribution in [0, 0.1) is 5.92 Å². The zero-order chi connectivity index (χ0) is 12.3. The molecule has 0 radical (unpaired) electrons. The number of nitrogens with zero attached hydrogens (tertiary/aromatic N) is 1. The highest BCUT2D eigenvalue weighted by atomic mass is 16.5. The maximum Gasteiger partial charge on any atom is 0.118 e. The van der Waals surface area contributed by atoms with Gasteiger partial charge in [0.05, 0.1) is 13.2 Å². The highest BCUT2D eigenvalue weighted by molar-refractivity contribution is 5.27. The minimum atomic E-state index is -0.179. The summed E-state index contributed by atoms with van der Waals surface area (Å²) in [6.07, 6.45) is 0.902. The molecular weight excluding hydrogens is 214 g/mol. The van der Waals surface area contributed by atoms with Gasteiger partial charge in [0, 0.05) is 13.1 Å². The van der Waals surface area contributed by atoms with E-state index in [2.05, 4.69) is 24.0 Å². The van der Waals surface area contributed by atoms with E-state index >= 15 is 0 Å². The van der Waals surface area contributed by atoms with Gasteiger partial charge in [-0.05, 0) is 36.6 Å². The number of likely N-dealkylation sites (tertiary alicyclic amines) is 1. The Kier molecular flexibility index (Phi) is 4.02.